The van der Waals surface area contributed by atoms with E-state index < -0.39 is 0 Å². The van der Waals surface area contributed by atoms with Gasteiger partial charge in [-0.1, -0.05) is 27.7 Å². The molecule has 0 saturated heterocycles. The van der Waals surface area contributed by atoms with Gasteiger partial charge in [-0.25, -0.2) is 15.0 Å². The topological polar surface area (TPSA) is 111 Å². The Hall–Kier alpha value is -2.91. The summed E-state index contributed by atoms with van der Waals surface area (Å²) in [5.41, 5.74) is 8.80. The van der Waals surface area contributed by atoms with Gasteiger partial charge >= 0.3 is 0 Å². The number of nitrogen functional groups attached to an aromatic ring is 1. The van der Waals surface area contributed by atoms with Gasteiger partial charge in [-0.3, -0.25) is 4.79 Å². The molecule has 3 aromatic rings. The van der Waals surface area contributed by atoms with Gasteiger partial charge in [0.2, 0.25) is 11.7 Å². The van der Waals surface area contributed by atoms with Gasteiger partial charge < -0.3 is 15.6 Å². The van der Waals surface area contributed by atoms with Crippen molar-refractivity contribution in [2.45, 2.75) is 30.4 Å². The third-order valence-corrected chi connectivity index (χ3v) is 6.80. The minimum Gasteiger partial charge on any atom is -0.504 e. The number of anilines is 1. The molecule has 2 aromatic heterocycles. The van der Waals surface area contributed by atoms with E-state index in [0.717, 1.165) is 24.1 Å². The van der Waals surface area contributed by atoms with E-state index >= 15 is 0 Å². The maximum absolute atomic E-state index is 12.7. The number of hydrogen-bond donors (Lipinski definition) is 2. The van der Waals surface area contributed by atoms with Crippen molar-refractivity contribution in [2.24, 2.45) is 0 Å². The molecule has 31 heavy (non-hydrogen) atoms. The zero-order chi connectivity index (χ0) is 21.5. The summed E-state index contributed by atoms with van der Waals surface area (Å²) < 4.78 is 6.55. The molecule has 0 unspecified atom stereocenters. The molecule has 0 atom stereocenters. The lowest BCUT2D eigenvalue weighted by molar-refractivity contribution is 0.104. The predicted molar refractivity (Wildman–Crippen MR) is 121 cm³/mol. The number of nitrogens with zero attached hydrogens (tertiary/aromatic N) is 3. The number of fused-ring (bicyclic) bond motifs is 1. The number of ketones is 1. The first-order valence-corrected chi connectivity index (χ1v) is 11.3. The Morgan fingerprint density at radius 3 is 2.94 bits per heavy atom. The molecule has 1 saturated carbocycles. The van der Waals surface area contributed by atoms with Crippen molar-refractivity contribution in [2.75, 3.05) is 5.73 Å². The average Bonchev–Trinajstić information content (AvgIpc) is 3.55. The smallest absolute Gasteiger partial charge is 0.220 e. The predicted octanol–water partition coefficient (Wildman–Crippen LogP) is 4.71. The van der Waals surface area contributed by atoms with Crippen LogP contribution in [0.1, 0.15) is 45.9 Å². The number of Topliss-reactive ketones (excluding diaryl/α,β-unsaturated/α-hetero) is 1. The largest absolute Gasteiger partial charge is 0.504 e. The van der Waals surface area contributed by atoms with Crippen LogP contribution in [0.5, 0.6) is 11.5 Å². The summed E-state index contributed by atoms with van der Waals surface area (Å²) in [7, 11) is 0. The fraction of sp³-hybridized carbons (Fsp3) is 0.182. The molecule has 1 aromatic carbocycles. The molecule has 1 fully saturated rings. The lowest BCUT2D eigenvalue weighted by Gasteiger charge is -2.13. The second-order valence-corrected chi connectivity index (χ2v) is 9.22. The minimum absolute atomic E-state index is 0.00582. The molecule has 0 bridgehead atoms. The van der Waals surface area contributed by atoms with E-state index in [1.54, 1.807) is 42.7 Å². The molecule has 9 heteroatoms. The standard InChI is InChI=1S/C22H17BrN4O3S/c23-15-8-16(28)17(30-10-13-9-26-22(24)27-19(13)11-3-4-11)6-12(15)7-18-20(29)14-2-1-5-25-21(14)31-18/h1-2,5-9,11,28H,3-4,10H2,(H2,24,26,27)/b18-7-. The van der Waals surface area contributed by atoms with E-state index in [9.17, 15) is 9.90 Å². The summed E-state index contributed by atoms with van der Waals surface area (Å²) in [6, 6.07) is 6.77. The number of phenolic OH excluding ortho intramolecular Hbond substituents is 1. The van der Waals surface area contributed by atoms with Gasteiger partial charge in [0.15, 0.2) is 11.5 Å². The number of hydrogen-bond acceptors (Lipinski definition) is 8. The fourth-order valence-electron chi connectivity index (χ4n) is 3.36. The van der Waals surface area contributed by atoms with Crippen LogP contribution in [0.15, 0.2) is 51.1 Å². The molecule has 3 N–H and O–H groups in total. The Kier molecular flexibility index (Phi) is 5.15. The summed E-state index contributed by atoms with van der Waals surface area (Å²) in [5, 5.41) is 11.1. The van der Waals surface area contributed by atoms with Crippen LogP contribution in [0.3, 0.4) is 0 Å². The van der Waals surface area contributed by atoms with Gasteiger partial charge in [0.05, 0.1) is 16.2 Å². The number of rotatable bonds is 5. The second-order valence-electron chi connectivity index (χ2n) is 7.34. The Bertz CT molecular complexity index is 1240. The van der Waals surface area contributed by atoms with E-state index in [-0.39, 0.29) is 24.1 Å². The molecule has 1 aliphatic carbocycles. The van der Waals surface area contributed by atoms with Gasteiger partial charge in [-0.05, 0) is 48.7 Å². The Morgan fingerprint density at radius 2 is 2.16 bits per heavy atom. The van der Waals surface area contributed by atoms with Gasteiger partial charge in [-0.2, -0.15) is 0 Å². The highest BCUT2D eigenvalue weighted by Gasteiger charge is 2.29. The number of thioether (sulfide) groups is 1. The maximum atomic E-state index is 12.7. The quantitative estimate of drug-likeness (QED) is 0.488. The molecule has 2 aliphatic rings. The molecule has 156 valence electrons. The van der Waals surface area contributed by atoms with Crippen molar-refractivity contribution < 1.29 is 14.6 Å². The van der Waals surface area contributed by atoms with Gasteiger partial charge in [0.1, 0.15) is 11.6 Å². The third kappa shape index (κ3) is 4.03. The maximum Gasteiger partial charge on any atom is 0.220 e. The summed E-state index contributed by atoms with van der Waals surface area (Å²) in [4.78, 5) is 25.9. The SMILES string of the molecule is Nc1ncc(COc2cc(/C=C3\Sc4ncccc4C3=O)c(Br)cc2O)c(C2CC2)n1. The van der Waals surface area contributed by atoms with Crippen molar-refractivity contribution >= 4 is 45.5 Å². The summed E-state index contributed by atoms with van der Waals surface area (Å²) in [6.07, 6.45) is 7.27. The molecule has 0 radical (unpaired) electrons. The van der Waals surface area contributed by atoms with Crippen LogP contribution in [0.4, 0.5) is 5.95 Å². The number of carbonyl (C=O) groups excluding carboxylic acids is 1. The van der Waals surface area contributed by atoms with Crippen LogP contribution in [-0.4, -0.2) is 25.8 Å². The molecule has 5 rings (SSSR count). The number of halogens is 1. The first kappa shape index (κ1) is 20.0. The van der Waals surface area contributed by atoms with Crippen LogP contribution in [0.2, 0.25) is 0 Å². The van der Waals surface area contributed by atoms with Crippen LogP contribution in [0, 0.1) is 0 Å². The summed E-state index contributed by atoms with van der Waals surface area (Å²) >= 11 is 4.79. The van der Waals surface area contributed by atoms with Crippen LogP contribution < -0.4 is 10.5 Å². The number of carbonyl (C=O) groups is 1. The van der Waals surface area contributed by atoms with Crippen LogP contribution >= 0.6 is 27.7 Å². The number of aromatic nitrogens is 3. The molecule has 1 aliphatic heterocycles. The zero-order valence-electron chi connectivity index (χ0n) is 16.2. The number of phenols is 1. The monoisotopic (exact) mass is 496 g/mol. The molecule has 7 nitrogen and oxygen atoms in total. The second kappa shape index (κ2) is 7.97. The summed E-state index contributed by atoms with van der Waals surface area (Å²) in [6.45, 7) is 0.209. The number of benzene rings is 1. The fourth-order valence-corrected chi connectivity index (χ4v) is 4.79. The van der Waals surface area contributed by atoms with Crippen LogP contribution in [-0.2, 0) is 6.61 Å². The minimum atomic E-state index is -0.0661. The number of allylic oxidation sites excluding steroid dienone is 1. The molecule has 0 amide bonds. The Labute approximate surface area is 190 Å². The first-order valence-electron chi connectivity index (χ1n) is 9.65. The Balaban J connectivity index is 1.41. The van der Waals surface area contributed by atoms with E-state index in [1.807, 2.05) is 0 Å². The highest BCUT2D eigenvalue weighted by atomic mass is 79.9. The lowest BCUT2D eigenvalue weighted by atomic mass is 10.1. The number of pyridine rings is 1. The van der Waals surface area contributed by atoms with E-state index in [2.05, 4.69) is 30.9 Å². The summed E-state index contributed by atoms with van der Waals surface area (Å²) in [5.74, 6) is 0.876. The molecule has 0 spiro atoms. The van der Waals surface area contributed by atoms with Crippen molar-refractivity contribution in [3.63, 3.8) is 0 Å². The van der Waals surface area contributed by atoms with Crippen molar-refractivity contribution in [3.8, 4) is 11.5 Å². The van der Waals surface area contributed by atoms with Crippen molar-refractivity contribution in [3.05, 3.63) is 68.4 Å². The van der Waals surface area contributed by atoms with Crippen molar-refractivity contribution in [1.29, 1.82) is 0 Å². The number of ether oxygens (including phenoxy) is 1. The van der Waals surface area contributed by atoms with Gasteiger partial charge in [-0.15, -0.1) is 0 Å². The van der Waals surface area contributed by atoms with E-state index in [4.69, 9.17) is 10.5 Å². The highest BCUT2D eigenvalue weighted by Crippen LogP contribution is 2.43. The van der Waals surface area contributed by atoms with Crippen molar-refractivity contribution in [1.82, 2.24) is 15.0 Å². The van der Waals surface area contributed by atoms with Gasteiger partial charge in [0.25, 0.3) is 0 Å². The molecular weight excluding hydrogens is 480 g/mol. The molecular formula is C22H17BrN4O3S. The van der Waals surface area contributed by atoms with E-state index in [1.165, 1.54) is 11.8 Å². The normalized spacial score (nSPS) is 16.5. The first-order chi connectivity index (χ1) is 15.0. The van der Waals surface area contributed by atoms with Gasteiger partial charge in [0, 0.05) is 28.3 Å². The Morgan fingerprint density at radius 1 is 1.32 bits per heavy atom. The number of aromatic hydroxyl groups is 1. The zero-order valence-corrected chi connectivity index (χ0v) is 18.6. The third-order valence-electron chi connectivity index (χ3n) is 5.07. The highest BCUT2D eigenvalue weighted by molar-refractivity contribution is 9.10. The lowest BCUT2D eigenvalue weighted by Crippen LogP contribution is -2.06. The van der Waals surface area contributed by atoms with E-state index in [0.29, 0.717) is 37.2 Å². The molecule has 3 heterocycles. The number of nitrogens with two attached hydrogens (primary N) is 1. The van der Waals surface area contributed by atoms with Crippen LogP contribution in [0.25, 0.3) is 6.08 Å². The average molecular weight is 497 g/mol.